The number of carbonyl (C=O) groups is 4. The summed E-state index contributed by atoms with van der Waals surface area (Å²) in [5.41, 5.74) is 0.759. The van der Waals surface area contributed by atoms with Gasteiger partial charge >= 0.3 is 5.97 Å². The average Bonchev–Trinajstić information content (AvgIpc) is 2.96. The van der Waals surface area contributed by atoms with Crippen molar-refractivity contribution in [2.75, 3.05) is 19.0 Å². The predicted octanol–water partition coefficient (Wildman–Crippen LogP) is 2.77. The van der Waals surface area contributed by atoms with Gasteiger partial charge in [0.15, 0.2) is 11.5 Å². The molecule has 1 aliphatic rings. The van der Waals surface area contributed by atoms with Crippen molar-refractivity contribution in [3.8, 4) is 11.5 Å². The number of imide groups is 1. The van der Waals surface area contributed by atoms with Crippen LogP contribution < -0.4 is 10.1 Å². The normalized spacial score (nSPS) is 14.8. The number of carboxylic acids is 1. The highest BCUT2D eigenvalue weighted by molar-refractivity contribution is 8.18. The molecule has 1 saturated heterocycles. The molecule has 2 aromatic rings. The second-order valence-electron chi connectivity index (χ2n) is 6.13. The fraction of sp³-hybridized carbons (Fsp3) is 0.100. The zero-order valence-corrected chi connectivity index (χ0v) is 16.4. The first-order valence-corrected chi connectivity index (χ1v) is 9.35. The number of benzene rings is 2. The Balaban J connectivity index is 1.71. The second kappa shape index (κ2) is 8.70. The number of carboxylic acid groups (broad SMARTS) is 1. The molecular formula is C20H16N2O7S. The van der Waals surface area contributed by atoms with Crippen LogP contribution in [0.15, 0.2) is 47.4 Å². The number of hydrogen-bond acceptors (Lipinski definition) is 7. The first-order chi connectivity index (χ1) is 14.3. The molecule has 3 rings (SSSR count). The number of phenolic OH excluding ortho intramolecular Hbond substituents is 1. The van der Waals surface area contributed by atoms with E-state index in [1.165, 1.54) is 49.6 Å². The van der Waals surface area contributed by atoms with Crippen LogP contribution in [0.4, 0.5) is 10.5 Å². The number of anilines is 1. The van der Waals surface area contributed by atoms with E-state index in [0.717, 1.165) is 4.90 Å². The minimum Gasteiger partial charge on any atom is -0.504 e. The van der Waals surface area contributed by atoms with Gasteiger partial charge < -0.3 is 20.3 Å². The number of nitrogens with zero attached hydrogens (tertiary/aromatic N) is 1. The lowest BCUT2D eigenvalue weighted by Crippen LogP contribution is -2.36. The molecule has 0 atom stereocenters. The third kappa shape index (κ3) is 4.61. The number of methoxy groups -OCH3 is 1. The molecule has 1 heterocycles. The predicted molar refractivity (Wildman–Crippen MR) is 109 cm³/mol. The molecule has 0 bridgehead atoms. The molecule has 0 aromatic heterocycles. The monoisotopic (exact) mass is 428 g/mol. The Morgan fingerprint density at radius 2 is 1.97 bits per heavy atom. The van der Waals surface area contributed by atoms with E-state index >= 15 is 0 Å². The van der Waals surface area contributed by atoms with Gasteiger partial charge in [-0.25, -0.2) is 4.79 Å². The van der Waals surface area contributed by atoms with E-state index in [2.05, 4.69) is 5.32 Å². The summed E-state index contributed by atoms with van der Waals surface area (Å²) >= 11 is 0.686. The molecule has 1 fully saturated rings. The maximum absolute atomic E-state index is 12.6. The number of hydrogen-bond donors (Lipinski definition) is 3. The first-order valence-electron chi connectivity index (χ1n) is 8.54. The zero-order valence-electron chi connectivity index (χ0n) is 15.6. The Morgan fingerprint density at radius 1 is 1.20 bits per heavy atom. The lowest BCUT2D eigenvalue weighted by molar-refractivity contribution is -0.127. The Kier molecular flexibility index (Phi) is 6.07. The maximum atomic E-state index is 12.6. The number of rotatable bonds is 6. The van der Waals surface area contributed by atoms with Gasteiger partial charge in [-0.1, -0.05) is 12.1 Å². The molecule has 0 spiro atoms. The zero-order chi connectivity index (χ0) is 21.8. The van der Waals surface area contributed by atoms with Gasteiger partial charge in [0.05, 0.1) is 17.6 Å². The maximum Gasteiger partial charge on any atom is 0.335 e. The Bertz CT molecular complexity index is 1080. The molecule has 30 heavy (non-hydrogen) atoms. The van der Waals surface area contributed by atoms with Gasteiger partial charge in [-0.15, -0.1) is 0 Å². The molecule has 0 radical (unpaired) electrons. The highest BCUT2D eigenvalue weighted by Crippen LogP contribution is 2.34. The van der Waals surface area contributed by atoms with E-state index in [9.17, 15) is 24.3 Å². The number of aromatic carboxylic acids is 1. The van der Waals surface area contributed by atoms with Gasteiger partial charge in [0, 0.05) is 5.69 Å². The van der Waals surface area contributed by atoms with E-state index in [-0.39, 0.29) is 27.7 Å². The minimum atomic E-state index is -1.15. The number of amides is 3. The summed E-state index contributed by atoms with van der Waals surface area (Å²) < 4.78 is 5.01. The van der Waals surface area contributed by atoms with Gasteiger partial charge in [-0.3, -0.25) is 19.3 Å². The SMILES string of the molecule is COc1cc(/C=C2\SC(=O)N(CC(=O)Nc3cccc(C(=O)O)c3)C2=O)ccc1O. The lowest BCUT2D eigenvalue weighted by atomic mass is 10.2. The van der Waals surface area contributed by atoms with Crippen molar-refractivity contribution in [3.05, 3.63) is 58.5 Å². The molecule has 3 N–H and O–H groups in total. The molecule has 0 unspecified atom stereocenters. The van der Waals surface area contributed by atoms with Crippen LogP contribution in [0.25, 0.3) is 6.08 Å². The summed E-state index contributed by atoms with van der Waals surface area (Å²) in [6.07, 6.45) is 1.46. The number of aromatic hydroxyl groups is 1. The van der Waals surface area contributed by atoms with Crippen molar-refractivity contribution >= 4 is 46.5 Å². The van der Waals surface area contributed by atoms with E-state index in [1.54, 1.807) is 6.07 Å². The third-order valence-corrected chi connectivity index (χ3v) is 4.98. The molecule has 3 amide bonds. The summed E-state index contributed by atoms with van der Waals surface area (Å²) in [6.45, 7) is -0.516. The topological polar surface area (TPSA) is 133 Å². The van der Waals surface area contributed by atoms with Crippen molar-refractivity contribution in [1.29, 1.82) is 0 Å². The Hall–Kier alpha value is -3.79. The van der Waals surface area contributed by atoms with Gasteiger partial charge in [-0.2, -0.15) is 0 Å². The van der Waals surface area contributed by atoms with Gasteiger partial charge in [0.2, 0.25) is 5.91 Å². The van der Waals surface area contributed by atoms with Crippen LogP contribution in [0.3, 0.4) is 0 Å². The van der Waals surface area contributed by atoms with E-state index in [4.69, 9.17) is 9.84 Å². The van der Waals surface area contributed by atoms with Crippen LogP contribution in [-0.4, -0.2) is 51.8 Å². The van der Waals surface area contributed by atoms with Crippen LogP contribution >= 0.6 is 11.8 Å². The highest BCUT2D eigenvalue weighted by Gasteiger charge is 2.36. The minimum absolute atomic E-state index is 0.00812. The highest BCUT2D eigenvalue weighted by atomic mass is 32.2. The molecular weight excluding hydrogens is 412 g/mol. The van der Waals surface area contributed by atoms with Crippen molar-refractivity contribution in [2.24, 2.45) is 0 Å². The summed E-state index contributed by atoms with van der Waals surface area (Å²) in [5, 5.41) is 20.5. The molecule has 0 aliphatic carbocycles. The number of thioether (sulfide) groups is 1. The van der Waals surface area contributed by atoms with Gasteiger partial charge in [0.25, 0.3) is 11.1 Å². The van der Waals surface area contributed by atoms with Crippen molar-refractivity contribution < 1.29 is 34.1 Å². The lowest BCUT2D eigenvalue weighted by Gasteiger charge is -2.12. The third-order valence-electron chi connectivity index (χ3n) is 4.07. The summed E-state index contributed by atoms with van der Waals surface area (Å²) in [6, 6.07) is 10.1. The molecule has 154 valence electrons. The van der Waals surface area contributed by atoms with Gasteiger partial charge in [-0.05, 0) is 53.7 Å². The van der Waals surface area contributed by atoms with Crippen LogP contribution in [0.5, 0.6) is 11.5 Å². The molecule has 10 heteroatoms. The van der Waals surface area contributed by atoms with Crippen molar-refractivity contribution in [1.82, 2.24) is 4.90 Å². The number of phenols is 1. The fourth-order valence-corrected chi connectivity index (χ4v) is 3.48. The summed E-state index contributed by atoms with van der Waals surface area (Å²) in [7, 11) is 1.39. The largest absolute Gasteiger partial charge is 0.504 e. The van der Waals surface area contributed by atoms with Crippen LogP contribution in [0, 0.1) is 0 Å². The standard InChI is InChI=1S/C20H16N2O7S/c1-29-15-7-11(5-6-14(15)23)8-16-18(25)22(20(28)30-16)10-17(24)21-13-4-2-3-12(9-13)19(26)27/h2-9,23H,10H2,1H3,(H,21,24)(H,26,27)/b16-8-. The van der Waals surface area contributed by atoms with Gasteiger partial charge in [0.1, 0.15) is 6.54 Å². The fourth-order valence-electron chi connectivity index (χ4n) is 2.65. The molecule has 2 aromatic carbocycles. The molecule has 1 aliphatic heterocycles. The average molecular weight is 428 g/mol. The smallest absolute Gasteiger partial charge is 0.335 e. The van der Waals surface area contributed by atoms with Crippen LogP contribution in [0.1, 0.15) is 15.9 Å². The van der Waals surface area contributed by atoms with E-state index in [1.807, 2.05) is 0 Å². The molecule has 0 saturated carbocycles. The number of ether oxygens (including phenoxy) is 1. The Morgan fingerprint density at radius 3 is 2.67 bits per heavy atom. The van der Waals surface area contributed by atoms with E-state index < -0.39 is 29.6 Å². The Labute approximate surface area is 174 Å². The summed E-state index contributed by atoms with van der Waals surface area (Å²) in [5.74, 6) is -2.27. The second-order valence-corrected chi connectivity index (χ2v) is 7.13. The van der Waals surface area contributed by atoms with Crippen molar-refractivity contribution in [3.63, 3.8) is 0 Å². The van der Waals surface area contributed by atoms with Crippen molar-refractivity contribution in [2.45, 2.75) is 0 Å². The first kappa shape index (κ1) is 20.9. The quantitative estimate of drug-likeness (QED) is 0.598. The van der Waals surface area contributed by atoms with E-state index in [0.29, 0.717) is 17.3 Å². The summed E-state index contributed by atoms with van der Waals surface area (Å²) in [4.78, 5) is 48.9. The number of carbonyl (C=O) groups excluding carboxylic acids is 3. The van der Waals surface area contributed by atoms with Crippen LogP contribution in [0.2, 0.25) is 0 Å². The molecule has 9 nitrogen and oxygen atoms in total. The van der Waals surface area contributed by atoms with Crippen LogP contribution in [-0.2, 0) is 9.59 Å². The number of nitrogens with one attached hydrogen (secondary N) is 1.